The van der Waals surface area contributed by atoms with Gasteiger partial charge in [-0.1, -0.05) is 0 Å². The summed E-state index contributed by atoms with van der Waals surface area (Å²) in [4.78, 5) is 15.6. The number of aromatic nitrogens is 1. The molecule has 0 atom stereocenters. The van der Waals surface area contributed by atoms with Crippen molar-refractivity contribution >= 4 is 17.2 Å². The summed E-state index contributed by atoms with van der Waals surface area (Å²) in [6, 6.07) is 0. The van der Waals surface area contributed by atoms with Crippen molar-refractivity contribution in [3.8, 4) is 0 Å². The van der Waals surface area contributed by atoms with Crippen LogP contribution < -0.4 is 5.32 Å². The monoisotopic (exact) mass is 242 g/mol. The van der Waals surface area contributed by atoms with Crippen LogP contribution in [0.25, 0.3) is 0 Å². The van der Waals surface area contributed by atoms with Crippen LogP contribution in [0.4, 0.5) is 0 Å². The number of carbonyl (C=O) groups is 1. The highest BCUT2D eigenvalue weighted by Gasteiger charge is 2.03. The lowest BCUT2D eigenvalue weighted by atomic mass is 10.4. The largest absolute Gasteiger partial charge is 0.369 e. The van der Waals surface area contributed by atoms with Crippen LogP contribution in [-0.4, -0.2) is 30.1 Å². The normalized spacial score (nSPS) is 10.8. The summed E-state index contributed by atoms with van der Waals surface area (Å²) >= 11 is 1.63. The van der Waals surface area contributed by atoms with Crippen molar-refractivity contribution < 1.29 is 9.53 Å². The minimum Gasteiger partial charge on any atom is -0.369 e. The van der Waals surface area contributed by atoms with Gasteiger partial charge in [0.2, 0.25) is 5.91 Å². The van der Waals surface area contributed by atoms with E-state index < -0.39 is 0 Å². The molecule has 0 saturated heterocycles. The van der Waals surface area contributed by atoms with Crippen molar-refractivity contribution in [1.82, 2.24) is 10.3 Å². The van der Waals surface area contributed by atoms with E-state index in [2.05, 4.69) is 10.3 Å². The lowest BCUT2D eigenvalue weighted by Crippen LogP contribution is -2.30. The Morgan fingerprint density at radius 1 is 1.62 bits per heavy atom. The van der Waals surface area contributed by atoms with Gasteiger partial charge in [-0.05, 0) is 20.8 Å². The summed E-state index contributed by atoms with van der Waals surface area (Å²) in [5.41, 5.74) is 1.04. The van der Waals surface area contributed by atoms with Crippen LogP contribution in [0.15, 0.2) is 5.38 Å². The van der Waals surface area contributed by atoms with Gasteiger partial charge in [0.1, 0.15) is 6.61 Å². The number of thiazole rings is 1. The van der Waals surface area contributed by atoms with E-state index in [9.17, 15) is 4.79 Å². The Balaban J connectivity index is 2.13. The summed E-state index contributed by atoms with van der Waals surface area (Å²) in [6.45, 7) is 6.54. The zero-order chi connectivity index (χ0) is 12.0. The van der Waals surface area contributed by atoms with Crippen molar-refractivity contribution in [2.24, 2.45) is 0 Å². The first-order valence-corrected chi connectivity index (χ1v) is 6.25. The number of amides is 1. The SMILES string of the molecule is Cc1csc(CCNC(=O)COC(C)C)n1. The van der Waals surface area contributed by atoms with E-state index in [0.717, 1.165) is 17.1 Å². The number of ether oxygens (including phenoxy) is 1. The van der Waals surface area contributed by atoms with E-state index >= 15 is 0 Å². The van der Waals surface area contributed by atoms with Gasteiger partial charge in [-0.3, -0.25) is 4.79 Å². The van der Waals surface area contributed by atoms with Crippen molar-refractivity contribution in [3.63, 3.8) is 0 Å². The molecule has 1 amide bonds. The summed E-state index contributed by atoms with van der Waals surface area (Å²) in [5, 5.41) is 5.87. The van der Waals surface area contributed by atoms with Crippen LogP contribution in [0, 0.1) is 6.92 Å². The zero-order valence-electron chi connectivity index (χ0n) is 9.95. The molecule has 4 nitrogen and oxygen atoms in total. The molecule has 1 aromatic rings. The molecule has 0 aromatic carbocycles. The first-order valence-electron chi connectivity index (χ1n) is 5.37. The predicted octanol–water partition coefficient (Wildman–Crippen LogP) is 1.54. The van der Waals surface area contributed by atoms with E-state index in [1.54, 1.807) is 11.3 Å². The Morgan fingerprint density at radius 3 is 2.94 bits per heavy atom. The molecule has 1 aromatic heterocycles. The molecule has 0 fully saturated rings. The van der Waals surface area contributed by atoms with E-state index in [1.807, 2.05) is 26.2 Å². The second-order valence-electron chi connectivity index (χ2n) is 3.84. The number of aryl methyl sites for hydroxylation is 1. The molecule has 0 bridgehead atoms. The average Bonchev–Trinajstić information content (AvgIpc) is 2.61. The molecule has 5 heteroatoms. The summed E-state index contributed by atoms with van der Waals surface area (Å²) < 4.78 is 5.19. The van der Waals surface area contributed by atoms with Gasteiger partial charge in [0, 0.05) is 24.0 Å². The Bertz CT molecular complexity index is 336. The Hall–Kier alpha value is -0.940. The Kier molecular flexibility index (Phi) is 5.42. The zero-order valence-corrected chi connectivity index (χ0v) is 10.8. The van der Waals surface area contributed by atoms with Crippen molar-refractivity contribution in [2.45, 2.75) is 33.3 Å². The van der Waals surface area contributed by atoms with E-state index in [0.29, 0.717) is 6.54 Å². The molecule has 1 heterocycles. The molecule has 0 unspecified atom stereocenters. The van der Waals surface area contributed by atoms with Gasteiger partial charge in [-0.2, -0.15) is 0 Å². The Labute approximate surface area is 100 Å². The number of hydrogen-bond donors (Lipinski definition) is 1. The maximum absolute atomic E-state index is 11.3. The smallest absolute Gasteiger partial charge is 0.246 e. The predicted molar refractivity (Wildman–Crippen MR) is 64.7 cm³/mol. The highest BCUT2D eigenvalue weighted by atomic mass is 32.1. The summed E-state index contributed by atoms with van der Waals surface area (Å²) in [5.74, 6) is -0.0676. The van der Waals surface area contributed by atoms with Gasteiger partial charge in [0.15, 0.2) is 0 Å². The number of nitrogens with one attached hydrogen (secondary N) is 1. The van der Waals surface area contributed by atoms with Gasteiger partial charge in [-0.25, -0.2) is 4.98 Å². The van der Waals surface area contributed by atoms with Gasteiger partial charge in [0.25, 0.3) is 0 Å². The molecule has 16 heavy (non-hydrogen) atoms. The fourth-order valence-corrected chi connectivity index (χ4v) is 1.90. The van der Waals surface area contributed by atoms with Crippen molar-refractivity contribution in [3.05, 3.63) is 16.1 Å². The lowest BCUT2D eigenvalue weighted by molar-refractivity contribution is -0.127. The third-order valence-corrected chi connectivity index (χ3v) is 2.90. The summed E-state index contributed by atoms with van der Waals surface area (Å²) in [7, 11) is 0. The third kappa shape index (κ3) is 5.23. The molecule has 1 N–H and O–H groups in total. The second kappa shape index (κ2) is 6.60. The highest BCUT2D eigenvalue weighted by molar-refractivity contribution is 7.09. The molecule has 0 aliphatic carbocycles. The fraction of sp³-hybridized carbons (Fsp3) is 0.636. The van der Waals surface area contributed by atoms with E-state index in [4.69, 9.17) is 4.74 Å². The number of carbonyl (C=O) groups excluding carboxylic acids is 1. The second-order valence-corrected chi connectivity index (χ2v) is 4.78. The van der Waals surface area contributed by atoms with Crippen LogP contribution in [0.1, 0.15) is 24.5 Å². The number of rotatable bonds is 6. The minimum atomic E-state index is -0.0676. The van der Waals surface area contributed by atoms with Crippen molar-refractivity contribution in [1.29, 1.82) is 0 Å². The fourth-order valence-electron chi connectivity index (χ4n) is 1.12. The molecule has 0 saturated carbocycles. The number of hydrogen-bond acceptors (Lipinski definition) is 4. The molecule has 0 aliphatic rings. The molecule has 90 valence electrons. The maximum atomic E-state index is 11.3. The topological polar surface area (TPSA) is 51.2 Å². The first kappa shape index (κ1) is 13.1. The molecule has 0 aliphatic heterocycles. The number of nitrogens with zero attached hydrogens (tertiary/aromatic N) is 1. The molecule has 0 spiro atoms. The molecular weight excluding hydrogens is 224 g/mol. The van der Waals surface area contributed by atoms with Gasteiger partial charge < -0.3 is 10.1 Å². The van der Waals surface area contributed by atoms with Gasteiger partial charge >= 0.3 is 0 Å². The van der Waals surface area contributed by atoms with Crippen LogP contribution in [0.3, 0.4) is 0 Å². The molecular formula is C11H18N2O2S. The van der Waals surface area contributed by atoms with E-state index in [-0.39, 0.29) is 18.6 Å². The highest BCUT2D eigenvalue weighted by Crippen LogP contribution is 2.08. The minimum absolute atomic E-state index is 0.0676. The Morgan fingerprint density at radius 2 is 2.38 bits per heavy atom. The quantitative estimate of drug-likeness (QED) is 0.823. The van der Waals surface area contributed by atoms with Crippen LogP contribution in [0.5, 0.6) is 0 Å². The van der Waals surface area contributed by atoms with Crippen LogP contribution in [0.2, 0.25) is 0 Å². The average molecular weight is 242 g/mol. The third-order valence-electron chi connectivity index (χ3n) is 1.88. The maximum Gasteiger partial charge on any atom is 0.246 e. The first-order chi connectivity index (χ1) is 7.58. The van der Waals surface area contributed by atoms with Crippen LogP contribution >= 0.6 is 11.3 Å². The van der Waals surface area contributed by atoms with Gasteiger partial charge in [0.05, 0.1) is 11.1 Å². The molecule has 0 radical (unpaired) electrons. The standard InChI is InChI=1S/C11H18N2O2S/c1-8(2)15-6-10(14)12-5-4-11-13-9(3)7-16-11/h7-8H,4-6H2,1-3H3,(H,12,14). The summed E-state index contributed by atoms with van der Waals surface area (Å²) in [6.07, 6.45) is 0.874. The molecule has 1 rings (SSSR count). The van der Waals surface area contributed by atoms with E-state index in [1.165, 1.54) is 0 Å². The van der Waals surface area contributed by atoms with Gasteiger partial charge in [-0.15, -0.1) is 11.3 Å². The lowest BCUT2D eigenvalue weighted by Gasteiger charge is -2.07. The van der Waals surface area contributed by atoms with Crippen LogP contribution in [-0.2, 0) is 16.0 Å². The van der Waals surface area contributed by atoms with Crippen molar-refractivity contribution in [2.75, 3.05) is 13.2 Å².